The molecule has 1 aromatic carbocycles. The molecule has 72 valence electrons. The Bertz CT molecular complexity index is 485. The Morgan fingerprint density at radius 2 is 2.07 bits per heavy atom. The third-order valence-electron chi connectivity index (χ3n) is 1.94. The number of benzene rings is 1. The molecular formula is C10H9ClN2O. The Kier molecular flexibility index (Phi) is 2.25. The standard InChI is InChI=1S/C10H9ClN2O/c1-6-12-8-5-3-4-7(11)9(8)10(13-6)14-2/h3-5H,1-2H3. The van der Waals surface area contributed by atoms with Crippen molar-refractivity contribution in [1.82, 2.24) is 9.97 Å². The van der Waals surface area contributed by atoms with E-state index in [2.05, 4.69) is 9.97 Å². The molecule has 0 unspecified atom stereocenters. The Balaban J connectivity index is 2.88. The zero-order chi connectivity index (χ0) is 10.1. The van der Waals surface area contributed by atoms with Crippen molar-refractivity contribution in [2.45, 2.75) is 6.92 Å². The molecule has 1 aromatic heterocycles. The number of halogens is 1. The van der Waals surface area contributed by atoms with Gasteiger partial charge in [0, 0.05) is 0 Å². The minimum Gasteiger partial charge on any atom is -0.480 e. The minimum atomic E-state index is 0.526. The summed E-state index contributed by atoms with van der Waals surface area (Å²) in [5.41, 5.74) is 0.807. The van der Waals surface area contributed by atoms with E-state index in [0.29, 0.717) is 16.7 Å². The van der Waals surface area contributed by atoms with E-state index < -0.39 is 0 Å². The zero-order valence-corrected chi connectivity index (χ0v) is 8.67. The summed E-state index contributed by atoms with van der Waals surface area (Å²) in [4.78, 5) is 8.43. The van der Waals surface area contributed by atoms with Gasteiger partial charge < -0.3 is 4.74 Å². The maximum Gasteiger partial charge on any atom is 0.225 e. The van der Waals surface area contributed by atoms with Gasteiger partial charge in [-0.05, 0) is 19.1 Å². The summed E-state index contributed by atoms with van der Waals surface area (Å²) in [6, 6.07) is 5.54. The maximum absolute atomic E-state index is 6.03. The number of ether oxygens (including phenoxy) is 1. The first kappa shape index (κ1) is 9.21. The van der Waals surface area contributed by atoms with Gasteiger partial charge in [0.2, 0.25) is 5.88 Å². The zero-order valence-electron chi connectivity index (χ0n) is 7.91. The highest BCUT2D eigenvalue weighted by Gasteiger charge is 2.08. The van der Waals surface area contributed by atoms with Gasteiger partial charge in [-0.1, -0.05) is 17.7 Å². The lowest BCUT2D eigenvalue weighted by Gasteiger charge is -2.06. The van der Waals surface area contributed by atoms with E-state index in [9.17, 15) is 0 Å². The van der Waals surface area contributed by atoms with Crippen molar-refractivity contribution in [1.29, 1.82) is 0 Å². The molecular weight excluding hydrogens is 200 g/mol. The molecule has 0 radical (unpaired) electrons. The van der Waals surface area contributed by atoms with Gasteiger partial charge in [-0.3, -0.25) is 0 Å². The van der Waals surface area contributed by atoms with Crippen LogP contribution in [0, 0.1) is 6.92 Å². The molecule has 0 aliphatic heterocycles. The molecule has 0 amide bonds. The second kappa shape index (κ2) is 3.42. The first-order chi connectivity index (χ1) is 6.72. The average Bonchev–Trinajstić information content (AvgIpc) is 2.16. The van der Waals surface area contributed by atoms with Crippen LogP contribution in [-0.4, -0.2) is 17.1 Å². The number of aryl methyl sites for hydroxylation is 1. The van der Waals surface area contributed by atoms with Crippen molar-refractivity contribution < 1.29 is 4.74 Å². The Morgan fingerprint density at radius 3 is 2.79 bits per heavy atom. The summed E-state index contributed by atoms with van der Waals surface area (Å²) in [7, 11) is 1.57. The van der Waals surface area contributed by atoms with E-state index in [-0.39, 0.29) is 0 Å². The molecule has 4 heteroatoms. The van der Waals surface area contributed by atoms with Crippen LogP contribution in [-0.2, 0) is 0 Å². The third-order valence-corrected chi connectivity index (χ3v) is 2.26. The van der Waals surface area contributed by atoms with Gasteiger partial charge in [0.25, 0.3) is 0 Å². The summed E-state index contributed by atoms with van der Waals surface area (Å²) in [5.74, 6) is 1.20. The highest BCUT2D eigenvalue weighted by atomic mass is 35.5. The lowest BCUT2D eigenvalue weighted by atomic mass is 10.2. The SMILES string of the molecule is COc1nc(C)nc2cccc(Cl)c12. The van der Waals surface area contributed by atoms with Gasteiger partial charge in [0.05, 0.1) is 23.0 Å². The van der Waals surface area contributed by atoms with Crippen LogP contribution in [0.5, 0.6) is 5.88 Å². The molecule has 0 aliphatic carbocycles. The van der Waals surface area contributed by atoms with Crippen molar-refractivity contribution in [3.63, 3.8) is 0 Å². The van der Waals surface area contributed by atoms with Crippen molar-refractivity contribution >= 4 is 22.5 Å². The van der Waals surface area contributed by atoms with Crippen LogP contribution in [0.2, 0.25) is 5.02 Å². The number of rotatable bonds is 1. The monoisotopic (exact) mass is 208 g/mol. The smallest absolute Gasteiger partial charge is 0.225 e. The van der Waals surface area contributed by atoms with Crippen molar-refractivity contribution in [3.8, 4) is 5.88 Å². The van der Waals surface area contributed by atoms with Crippen LogP contribution in [0.3, 0.4) is 0 Å². The highest BCUT2D eigenvalue weighted by molar-refractivity contribution is 6.35. The number of fused-ring (bicyclic) bond motifs is 1. The third kappa shape index (κ3) is 1.40. The number of nitrogens with zero attached hydrogens (tertiary/aromatic N) is 2. The summed E-state index contributed by atoms with van der Waals surface area (Å²) in [6.45, 7) is 1.82. The van der Waals surface area contributed by atoms with E-state index in [1.807, 2.05) is 19.1 Å². The largest absolute Gasteiger partial charge is 0.480 e. The Hall–Kier alpha value is -1.35. The molecule has 0 bridgehead atoms. The van der Waals surface area contributed by atoms with E-state index in [1.165, 1.54) is 0 Å². The van der Waals surface area contributed by atoms with Crippen molar-refractivity contribution in [2.75, 3.05) is 7.11 Å². The second-order valence-electron chi connectivity index (χ2n) is 2.91. The van der Waals surface area contributed by atoms with Crippen LogP contribution < -0.4 is 4.74 Å². The van der Waals surface area contributed by atoms with Gasteiger partial charge in [-0.15, -0.1) is 0 Å². The van der Waals surface area contributed by atoms with E-state index in [0.717, 1.165) is 10.9 Å². The number of hydrogen-bond acceptors (Lipinski definition) is 3. The van der Waals surface area contributed by atoms with E-state index in [1.54, 1.807) is 13.2 Å². The molecule has 0 atom stereocenters. The van der Waals surface area contributed by atoms with Crippen molar-refractivity contribution in [3.05, 3.63) is 29.0 Å². The lowest BCUT2D eigenvalue weighted by Crippen LogP contribution is -1.95. The van der Waals surface area contributed by atoms with Crippen LogP contribution in [0.25, 0.3) is 10.9 Å². The van der Waals surface area contributed by atoms with Crippen molar-refractivity contribution in [2.24, 2.45) is 0 Å². The second-order valence-corrected chi connectivity index (χ2v) is 3.32. The normalized spacial score (nSPS) is 10.5. The van der Waals surface area contributed by atoms with Gasteiger partial charge in [0.15, 0.2) is 0 Å². The van der Waals surface area contributed by atoms with Crippen LogP contribution >= 0.6 is 11.6 Å². The molecule has 0 spiro atoms. The van der Waals surface area contributed by atoms with Gasteiger partial charge in [-0.25, -0.2) is 4.98 Å². The molecule has 3 nitrogen and oxygen atoms in total. The van der Waals surface area contributed by atoms with Gasteiger partial charge >= 0.3 is 0 Å². The fourth-order valence-electron chi connectivity index (χ4n) is 1.37. The molecule has 2 aromatic rings. The molecule has 0 fully saturated rings. The van der Waals surface area contributed by atoms with E-state index >= 15 is 0 Å². The highest BCUT2D eigenvalue weighted by Crippen LogP contribution is 2.29. The molecule has 2 rings (SSSR count). The molecule has 0 saturated carbocycles. The number of hydrogen-bond donors (Lipinski definition) is 0. The Morgan fingerprint density at radius 1 is 1.29 bits per heavy atom. The maximum atomic E-state index is 6.03. The number of aromatic nitrogens is 2. The van der Waals surface area contributed by atoms with Crippen LogP contribution in [0.15, 0.2) is 18.2 Å². The van der Waals surface area contributed by atoms with Gasteiger partial charge in [0.1, 0.15) is 5.82 Å². The average molecular weight is 209 g/mol. The predicted molar refractivity (Wildman–Crippen MR) is 55.8 cm³/mol. The fourth-order valence-corrected chi connectivity index (χ4v) is 1.62. The summed E-state index contributed by atoms with van der Waals surface area (Å²) >= 11 is 6.03. The summed E-state index contributed by atoms with van der Waals surface area (Å²) in [5, 5.41) is 1.38. The lowest BCUT2D eigenvalue weighted by molar-refractivity contribution is 0.401. The number of methoxy groups -OCH3 is 1. The molecule has 0 aliphatic rings. The van der Waals surface area contributed by atoms with E-state index in [4.69, 9.17) is 16.3 Å². The molecule has 0 N–H and O–H groups in total. The quantitative estimate of drug-likeness (QED) is 0.723. The molecule has 14 heavy (non-hydrogen) atoms. The Labute approximate surface area is 86.7 Å². The minimum absolute atomic E-state index is 0.526. The topological polar surface area (TPSA) is 35.0 Å². The first-order valence-electron chi connectivity index (χ1n) is 4.19. The van der Waals surface area contributed by atoms with Crippen LogP contribution in [0.1, 0.15) is 5.82 Å². The fraction of sp³-hybridized carbons (Fsp3) is 0.200. The predicted octanol–water partition coefficient (Wildman–Crippen LogP) is 2.60. The summed E-state index contributed by atoms with van der Waals surface area (Å²) < 4.78 is 5.15. The molecule has 1 heterocycles. The molecule has 0 saturated heterocycles. The summed E-state index contributed by atoms with van der Waals surface area (Å²) in [6.07, 6.45) is 0. The van der Waals surface area contributed by atoms with Gasteiger partial charge in [-0.2, -0.15) is 4.98 Å². The van der Waals surface area contributed by atoms with Crippen LogP contribution in [0.4, 0.5) is 0 Å². The first-order valence-corrected chi connectivity index (χ1v) is 4.57.